The molecule has 5 rings (SSSR count). The van der Waals surface area contributed by atoms with Crippen molar-refractivity contribution in [3.63, 3.8) is 0 Å². The van der Waals surface area contributed by atoms with E-state index in [1.165, 1.54) is 6.20 Å². The fourth-order valence-corrected chi connectivity index (χ4v) is 5.24. The summed E-state index contributed by atoms with van der Waals surface area (Å²) in [5, 5.41) is 11.3. The molecule has 0 aliphatic carbocycles. The van der Waals surface area contributed by atoms with Gasteiger partial charge in [-0.25, -0.2) is 20.2 Å². The van der Waals surface area contributed by atoms with Crippen LogP contribution in [0.2, 0.25) is 5.02 Å². The maximum atomic E-state index is 15.3. The van der Waals surface area contributed by atoms with Crippen LogP contribution >= 0.6 is 11.6 Å². The van der Waals surface area contributed by atoms with Crippen LogP contribution in [-0.4, -0.2) is 69.1 Å². The molecule has 3 aromatic rings. The zero-order chi connectivity index (χ0) is 26.3. The molecule has 0 atom stereocenters. The number of nitrogens with two attached hydrogens (primary N) is 1. The largest absolute Gasteiger partial charge is 0.342 e. The molecule has 2 saturated heterocycles. The van der Waals surface area contributed by atoms with E-state index in [0.717, 1.165) is 47.8 Å². The second kappa shape index (κ2) is 10.2. The monoisotopic (exact) mass is 527 g/mol. The molecule has 2 fully saturated rings. The van der Waals surface area contributed by atoms with Crippen LogP contribution in [0.25, 0.3) is 0 Å². The first-order valence-corrected chi connectivity index (χ1v) is 12.7. The Labute approximate surface area is 220 Å². The highest BCUT2D eigenvalue weighted by Gasteiger charge is 2.35. The number of H-pyrrole nitrogens is 1. The van der Waals surface area contributed by atoms with Crippen LogP contribution in [0.5, 0.6) is 0 Å². The Balaban J connectivity index is 1.29. The lowest BCUT2D eigenvalue weighted by molar-refractivity contribution is -0.141. The molecule has 4 heterocycles. The minimum absolute atomic E-state index is 0.0821. The van der Waals surface area contributed by atoms with Crippen LogP contribution < -0.4 is 16.2 Å². The first-order chi connectivity index (χ1) is 17.7. The third-order valence-corrected chi connectivity index (χ3v) is 7.43. The van der Waals surface area contributed by atoms with Crippen molar-refractivity contribution in [2.45, 2.75) is 32.6 Å². The summed E-state index contributed by atoms with van der Waals surface area (Å²) in [4.78, 5) is 25.4. The van der Waals surface area contributed by atoms with Gasteiger partial charge in [0.25, 0.3) is 0 Å². The number of aromatic nitrogens is 4. The molecule has 0 saturated carbocycles. The number of nitrogens with one attached hydrogen (secondary N) is 2. The molecule has 2 aliphatic heterocycles. The van der Waals surface area contributed by atoms with E-state index in [4.69, 9.17) is 17.4 Å². The molecule has 0 radical (unpaired) electrons. The third kappa shape index (κ3) is 5.25. The molecular formula is C25H31ClFN9O. The van der Waals surface area contributed by atoms with Gasteiger partial charge in [0, 0.05) is 37.9 Å². The van der Waals surface area contributed by atoms with Gasteiger partial charge in [-0.3, -0.25) is 9.89 Å². The Morgan fingerprint density at radius 3 is 2.62 bits per heavy atom. The highest BCUT2D eigenvalue weighted by molar-refractivity contribution is 6.32. The zero-order valence-corrected chi connectivity index (χ0v) is 21.9. The van der Waals surface area contributed by atoms with Crippen molar-refractivity contribution >= 4 is 40.8 Å². The van der Waals surface area contributed by atoms with Gasteiger partial charge in [-0.2, -0.15) is 10.1 Å². The Morgan fingerprint density at radius 1 is 1.24 bits per heavy atom. The summed E-state index contributed by atoms with van der Waals surface area (Å²) in [5.74, 6) is 7.27. The van der Waals surface area contributed by atoms with Crippen molar-refractivity contribution in [2.75, 3.05) is 43.6 Å². The molecular weight excluding hydrogens is 497 g/mol. The number of hydrogen-bond donors (Lipinski definition) is 3. The second-order valence-corrected chi connectivity index (χ2v) is 10.4. The number of aromatic amines is 1. The quantitative estimate of drug-likeness (QED) is 0.328. The number of halogens is 2. The third-order valence-electron chi connectivity index (χ3n) is 7.15. The summed E-state index contributed by atoms with van der Waals surface area (Å²) in [5.41, 5.74) is 2.90. The number of amides is 1. The van der Waals surface area contributed by atoms with E-state index in [1.807, 2.05) is 25.8 Å². The number of nitrogens with zero attached hydrogens (tertiary/aromatic N) is 6. The van der Waals surface area contributed by atoms with Crippen molar-refractivity contribution in [3.8, 4) is 0 Å². The molecule has 1 amide bonds. The van der Waals surface area contributed by atoms with E-state index in [9.17, 15) is 4.79 Å². The minimum Gasteiger partial charge on any atom is -0.342 e. The smallest absolute Gasteiger partial charge is 0.246 e. The van der Waals surface area contributed by atoms with Gasteiger partial charge in [-0.05, 0) is 62.9 Å². The lowest BCUT2D eigenvalue weighted by Crippen LogP contribution is -2.53. The van der Waals surface area contributed by atoms with Gasteiger partial charge >= 0.3 is 0 Å². The van der Waals surface area contributed by atoms with Gasteiger partial charge < -0.3 is 15.1 Å². The van der Waals surface area contributed by atoms with E-state index in [2.05, 4.69) is 30.4 Å². The molecule has 0 spiro atoms. The number of hydrazine groups is 1. The van der Waals surface area contributed by atoms with Crippen molar-refractivity contribution in [2.24, 2.45) is 11.8 Å². The lowest BCUT2D eigenvalue weighted by atomic mass is 9.86. The van der Waals surface area contributed by atoms with Gasteiger partial charge in [0.1, 0.15) is 10.8 Å². The van der Waals surface area contributed by atoms with E-state index in [-0.39, 0.29) is 34.4 Å². The second-order valence-electron chi connectivity index (χ2n) is 9.98. The van der Waals surface area contributed by atoms with Crippen LogP contribution in [0, 0.1) is 25.6 Å². The van der Waals surface area contributed by atoms with Crippen LogP contribution in [0.3, 0.4) is 0 Å². The van der Waals surface area contributed by atoms with E-state index < -0.39 is 5.82 Å². The molecule has 12 heteroatoms. The van der Waals surface area contributed by atoms with Crippen molar-refractivity contribution in [3.05, 3.63) is 52.1 Å². The van der Waals surface area contributed by atoms with Gasteiger partial charge in [0.2, 0.25) is 11.9 Å². The number of benzene rings is 1. The van der Waals surface area contributed by atoms with Gasteiger partial charge in [-0.15, -0.1) is 0 Å². The molecule has 4 N–H and O–H groups in total. The molecule has 37 heavy (non-hydrogen) atoms. The highest BCUT2D eigenvalue weighted by Crippen LogP contribution is 2.35. The summed E-state index contributed by atoms with van der Waals surface area (Å²) in [6, 6.07) is 5.07. The van der Waals surface area contributed by atoms with E-state index in [1.54, 1.807) is 18.2 Å². The summed E-state index contributed by atoms with van der Waals surface area (Å²) >= 11 is 6.25. The van der Waals surface area contributed by atoms with Crippen LogP contribution in [0.15, 0.2) is 24.4 Å². The minimum atomic E-state index is -0.463. The van der Waals surface area contributed by atoms with Gasteiger partial charge in [0.15, 0.2) is 11.6 Å². The first kappa shape index (κ1) is 25.4. The van der Waals surface area contributed by atoms with Gasteiger partial charge in [0.05, 0.1) is 17.8 Å². The van der Waals surface area contributed by atoms with Crippen molar-refractivity contribution in [1.82, 2.24) is 30.0 Å². The number of carbonyl (C=O) groups excluding carboxylic acids is 1. The molecule has 196 valence electrons. The van der Waals surface area contributed by atoms with Crippen LogP contribution in [-0.2, 0) is 4.79 Å². The van der Waals surface area contributed by atoms with Crippen LogP contribution in [0.4, 0.5) is 27.7 Å². The number of likely N-dealkylation sites (tertiary alicyclic amines) is 2. The Kier molecular flexibility index (Phi) is 7.02. The number of piperidine rings is 1. The summed E-state index contributed by atoms with van der Waals surface area (Å²) in [6.45, 7) is 6.87. The summed E-state index contributed by atoms with van der Waals surface area (Å²) in [6.07, 6.45) is 3.02. The number of anilines is 4. The van der Waals surface area contributed by atoms with E-state index >= 15 is 4.39 Å². The number of rotatable bonds is 6. The molecule has 0 unspecified atom stereocenters. The zero-order valence-electron chi connectivity index (χ0n) is 21.1. The normalized spacial score (nSPS) is 17.1. The Bertz CT molecular complexity index is 1300. The topological polar surface area (TPSA) is 119 Å². The van der Waals surface area contributed by atoms with Crippen molar-refractivity contribution in [1.29, 1.82) is 0 Å². The van der Waals surface area contributed by atoms with Crippen LogP contribution in [0.1, 0.15) is 35.6 Å². The fourth-order valence-electron chi connectivity index (χ4n) is 5.10. The molecule has 10 nitrogen and oxygen atoms in total. The maximum absolute atomic E-state index is 15.3. The number of aryl methyl sites for hydroxylation is 2. The van der Waals surface area contributed by atoms with Crippen molar-refractivity contribution < 1.29 is 9.18 Å². The predicted octanol–water partition coefficient (Wildman–Crippen LogP) is 3.63. The highest BCUT2D eigenvalue weighted by atomic mass is 35.5. The Morgan fingerprint density at radius 2 is 1.97 bits per heavy atom. The predicted molar refractivity (Wildman–Crippen MR) is 141 cm³/mol. The average molecular weight is 528 g/mol. The standard InChI is InChI=1S/C25H31ClFN9O/c1-14-8-21(36(28)25-29-11-19(26)23(31-25)30-22-9-15(2)32-33-22)20(27)10-18(14)16-4-6-35(7-5-16)24(37)17-12-34(3)13-17/h8-11,16-17H,4-7,12-13,28H2,1-3H3,(H2,29,30,31,32,33). The Hall–Kier alpha value is -3.28. The average Bonchev–Trinajstić information content (AvgIpc) is 3.28. The van der Waals surface area contributed by atoms with Gasteiger partial charge in [-0.1, -0.05) is 11.6 Å². The summed E-state index contributed by atoms with van der Waals surface area (Å²) < 4.78 is 15.3. The SMILES string of the molecule is Cc1cc(Nc2nc(N(N)c3cc(C)c(C4CCN(C(=O)C5CN(C)C5)CC4)cc3F)ncc2Cl)n[nH]1. The molecule has 1 aromatic carbocycles. The molecule has 2 aromatic heterocycles. The fraction of sp³-hybridized carbons (Fsp3) is 0.440. The first-order valence-electron chi connectivity index (χ1n) is 12.3. The number of carbonyl (C=O) groups is 1. The number of hydrogen-bond acceptors (Lipinski definition) is 8. The molecule has 2 aliphatic rings. The maximum Gasteiger partial charge on any atom is 0.246 e. The lowest BCUT2D eigenvalue weighted by Gasteiger charge is -2.40. The van der Waals surface area contributed by atoms with E-state index in [0.29, 0.717) is 24.7 Å². The molecule has 0 bridgehead atoms. The summed E-state index contributed by atoms with van der Waals surface area (Å²) in [7, 11) is 2.02.